The molecule has 1 N–H and O–H groups in total. The number of nitrogens with one attached hydrogen (secondary N) is 1. The molecule has 0 aliphatic rings. The van der Waals surface area contributed by atoms with Crippen molar-refractivity contribution in [2.24, 2.45) is 0 Å². The minimum atomic E-state index is -5.12. The van der Waals surface area contributed by atoms with Crippen molar-refractivity contribution in [2.45, 2.75) is 70.0 Å². The van der Waals surface area contributed by atoms with Gasteiger partial charge in [-0.1, -0.05) is 15.9 Å². The van der Waals surface area contributed by atoms with Crippen LogP contribution in [0.4, 0.5) is 13.2 Å². The van der Waals surface area contributed by atoms with Crippen LogP contribution in [-0.4, -0.2) is 44.6 Å². The molecule has 7 nitrogen and oxygen atoms in total. The van der Waals surface area contributed by atoms with Gasteiger partial charge in [-0.05, 0) is 59.7 Å². The van der Waals surface area contributed by atoms with Gasteiger partial charge in [-0.3, -0.25) is 4.79 Å². The minimum Gasteiger partial charge on any atom is -0.459 e. The highest BCUT2D eigenvalue weighted by Crippen LogP contribution is 2.32. The fourth-order valence-corrected chi connectivity index (χ4v) is 3.63. The van der Waals surface area contributed by atoms with Crippen molar-refractivity contribution in [2.75, 3.05) is 6.61 Å². The number of alkyl halides is 3. The zero-order valence-electron chi connectivity index (χ0n) is 17.4. The predicted octanol–water partition coefficient (Wildman–Crippen LogP) is 4.15. The number of rotatable bonds is 7. The van der Waals surface area contributed by atoms with Gasteiger partial charge in [0, 0.05) is 4.47 Å². The summed E-state index contributed by atoms with van der Waals surface area (Å²) >= 11 is 2.97. The van der Waals surface area contributed by atoms with Crippen LogP contribution in [0.3, 0.4) is 0 Å². The molecule has 0 saturated carbocycles. The van der Waals surface area contributed by atoms with E-state index in [0.717, 1.165) is 12.1 Å². The van der Waals surface area contributed by atoms with Gasteiger partial charge in [0.25, 0.3) is 0 Å². The summed E-state index contributed by atoms with van der Waals surface area (Å²) in [5.74, 6) is -1.89. The summed E-state index contributed by atoms with van der Waals surface area (Å²) in [6, 6.07) is 1.50. The molecule has 0 aromatic heterocycles. The number of ether oxygens (including phenoxy) is 3. The second-order valence-electron chi connectivity index (χ2n) is 8.27. The first-order valence-electron chi connectivity index (χ1n) is 8.73. The molecule has 12 heteroatoms. The number of sulfonamides is 1. The summed E-state index contributed by atoms with van der Waals surface area (Å²) in [6.45, 7) is 9.44. The van der Waals surface area contributed by atoms with Crippen LogP contribution in [0.25, 0.3) is 0 Å². The lowest BCUT2D eigenvalue weighted by Gasteiger charge is -2.27. The van der Waals surface area contributed by atoms with Crippen molar-refractivity contribution >= 4 is 31.9 Å². The van der Waals surface area contributed by atoms with E-state index in [2.05, 4.69) is 25.4 Å². The number of benzene rings is 1. The lowest BCUT2D eigenvalue weighted by atomic mass is 10.2. The van der Waals surface area contributed by atoms with Gasteiger partial charge in [0.2, 0.25) is 10.0 Å². The predicted molar refractivity (Wildman–Crippen MR) is 106 cm³/mol. The number of hydrogen-bond acceptors (Lipinski definition) is 6. The number of carbonyl (C=O) groups is 1. The van der Waals surface area contributed by atoms with Crippen molar-refractivity contribution in [3.63, 3.8) is 0 Å². The zero-order valence-corrected chi connectivity index (χ0v) is 19.8. The minimum absolute atomic E-state index is 0.167. The number of carbonyl (C=O) groups excluding carboxylic acids is 1. The van der Waals surface area contributed by atoms with E-state index in [0.29, 0.717) is 0 Å². The lowest BCUT2D eigenvalue weighted by Crippen LogP contribution is -2.48. The molecule has 172 valence electrons. The van der Waals surface area contributed by atoms with Crippen molar-refractivity contribution in [3.8, 4) is 5.75 Å². The van der Waals surface area contributed by atoms with Gasteiger partial charge in [0.05, 0.1) is 12.2 Å². The fraction of sp³-hybridized carbons (Fsp3) is 0.611. The standard InChI is InChI=1S/C18H25BrF3NO6S/c1-16(2,3)27-10-12(15(24)29-17(4,5)6)23-30(25,26)14-8-7-11(19)9-13(14)28-18(20,21)22/h7-9,12,23H,10H2,1-6H3. The molecular weight excluding hydrogens is 495 g/mol. The van der Waals surface area contributed by atoms with Gasteiger partial charge in [-0.15, -0.1) is 13.2 Å². The maximum Gasteiger partial charge on any atom is 0.573 e. The van der Waals surface area contributed by atoms with Gasteiger partial charge in [0.15, 0.2) is 5.75 Å². The van der Waals surface area contributed by atoms with Crippen LogP contribution in [0.15, 0.2) is 27.6 Å². The second-order valence-corrected chi connectivity index (χ2v) is 10.9. The molecule has 1 aromatic rings. The normalized spacial score (nSPS) is 14.3. The Balaban J connectivity index is 3.28. The van der Waals surface area contributed by atoms with Crippen LogP contribution < -0.4 is 9.46 Å². The van der Waals surface area contributed by atoms with E-state index in [1.165, 1.54) is 6.07 Å². The number of hydrogen-bond donors (Lipinski definition) is 1. The molecule has 0 bridgehead atoms. The van der Waals surface area contributed by atoms with Crippen molar-refractivity contribution in [3.05, 3.63) is 22.7 Å². The van der Waals surface area contributed by atoms with Gasteiger partial charge in [-0.25, -0.2) is 8.42 Å². The summed E-state index contributed by atoms with van der Waals surface area (Å²) in [6.07, 6.45) is -5.12. The average Bonchev–Trinajstić information content (AvgIpc) is 2.46. The fourth-order valence-electron chi connectivity index (χ4n) is 2.02. The molecule has 0 spiro atoms. The van der Waals surface area contributed by atoms with Crippen molar-refractivity contribution in [1.82, 2.24) is 4.72 Å². The van der Waals surface area contributed by atoms with E-state index in [1.807, 2.05) is 0 Å². The third-order valence-corrected chi connectivity index (χ3v) is 5.10. The zero-order chi connectivity index (χ0) is 23.5. The Morgan fingerprint density at radius 3 is 2.13 bits per heavy atom. The molecular formula is C18H25BrF3NO6S. The first kappa shape index (κ1) is 26.7. The van der Waals surface area contributed by atoms with Gasteiger partial charge in [0.1, 0.15) is 16.5 Å². The molecule has 0 aliphatic heterocycles. The molecule has 1 aromatic carbocycles. The van der Waals surface area contributed by atoms with Gasteiger partial charge >= 0.3 is 12.3 Å². The molecule has 0 saturated heterocycles. The Kier molecular flexibility index (Phi) is 8.36. The van der Waals surface area contributed by atoms with E-state index < -0.39 is 56.9 Å². The molecule has 30 heavy (non-hydrogen) atoms. The van der Waals surface area contributed by atoms with E-state index in [9.17, 15) is 26.4 Å². The summed E-state index contributed by atoms with van der Waals surface area (Å²) in [4.78, 5) is 11.7. The SMILES string of the molecule is CC(C)(C)OCC(NS(=O)(=O)c1ccc(Br)cc1OC(F)(F)F)C(=O)OC(C)(C)C. The summed E-state index contributed by atoms with van der Waals surface area (Å²) < 4.78 is 80.6. The Morgan fingerprint density at radius 2 is 1.67 bits per heavy atom. The number of halogens is 4. The van der Waals surface area contributed by atoms with Crippen molar-refractivity contribution < 1.29 is 40.6 Å². The van der Waals surface area contributed by atoms with E-state index in [1.54, 1.807) is 41.5 Å². The highest BCUT2D eigenvalue weighted by Gasteiger charge is 2.36. The van der Waals surface area contributed by atoms with Crippen molar-refractivity contribution in [1.29, 1.82) is 0 Å². The van der Waals surface area contributed by atoms with E-state index >= 15 is 0 Å². The first-order chi connectivity index (χ1) is 13.3. The second kappa shape index (κ2) is 9.41. The first-order valence-corrected chi connectivity index (χ1v) is 11.0. The van der Waals surface area contributed by atoms with Crippen LogP contribution in [0.5, 0.6) is 5.75 Å². The largest absolute Gasteiger partial charge is 0.573 e. The lowest BCUT2D eigenvalue weighted by molar-refractivity contribution is -0.275. The summed E-state index contributed by atoms with van der Waals surface area (Å²) in [7, 11) is -4.62. The molecule has 0 fully saturated rings. The Morgan fingerprint density at radius 1 is 1.10 bits per heavy atom. The van der Waals surface area contributed by atoms with Crippen LogP contribution >= 0.6 is 15.9 Å². The summed E-state index contributed by atoms with van der Waals surface area (Å²) in [5, 5.41) is 0. The molecule has 0 aliphatic carbocycles. The highest BCUT2D eigenvalue weighted by molar-refractivity contribution is 9.10. The molecule has 1 atom stereocenters. The Labute approximate surface area is 182 Å². The highest BCUT2D eigenvalue weighted by atomic mass is 79.9. The third-order valence-electron chi connectivity index (χ3n) is 3.09. The number of esters is 1. The average molecular weight is 520 g/mol. The Bertz CT molecular complexity index is 860. The van der Waals surface area contributed by atoms with Crippen LogP contribution in [-0.2, 0) is 24.3 Å². The van der Waals surface area contributed by atoms with E-state index in [-0.39, 0.29) is 4.47 Å². The molecule has 0 heterocycles. The quantitative estimate of drug-likeness (QED) is 0.544. The maximum atomic E-state index is 12.8. The molecule has 0 amide bonds. The van der Waals surface area contributed by atoms with E-state index in [4.69, 9.17) is 9.47 Å². The van der Waals surface area contributed by atoms with Crippen LogP contribution in [0, 0.1) is 0 Å². The monoisotopic (exact) mass is 519 g/mol. The van der Waals surface area contributed by atoms with Crippen LogP contribution in [0.1, 0.15) is 41.5 Å². The molecule has 1 rings (SSSR count). The van der Waals surface area contributed by atoms with Gasteiger partial charge < -0.3 is 14.2 Å². The smallest absolute Gasteiger partial charge is 0.459 e. The molecule has 0 radical (unpaired) electrons. The van der Waals surface area contributed by atoms with Crippen LogP contribution in [0.2, 0.25) is 0 Å². The molecule has 1 unspecified atom stereocenters. The maximum absolute atomic E-state index is 12.8. The summed E-state index contributed by atoms with van der Waals surface area (Å²) in [5.41, 5.74) is -1.64. The topological polar surface area (TPSA) is 90.9 Å². The third kappa shape index (κ3) is 9.63. The Hall–Kier alpha value is -1.37. The van der Waals surface area contributed by atoms with Gasteiger partial charge in [-0.2, -0.15) is 4.72 Å².